The average Bonchev–Trinajstić information content (AvgIpc) is 2.77. The lowest BCUT2D eigenvalue weighted by molar-refractivity contribution is -0.188. The van der Waals surface area contributed by atoms with Crippen molar-refractivity contribution in [3.63, 3.8) is 0 Å². The van der Waals surface area contributed by atoms with Crippen LogP contribution in [0.2, 0.25) is 0 Å². The van der Waals surface area contributed by atoms with E-state index in [1.807, 2.05) is 74.8 Å². The molecule has 0 aliphatic carbocycles. The number of amidine groups is 1. The van der Waals surface area contributed by atoms with E-state index in [9.17, 15) is 4.79 Å². The van der Waals surface area contributed by atoms with E-state index >= 15 is 0 Å². The molecule has 0 bridgehead atoms. The van der Waals surface area contributed by atoms with Crippen LogP contribution in [-0.4, -0.2) is 54.2 Å². The Kier molecular flexibility index (Phi) is 8.45. The van der Waals surface area contributed by atoms with E-state index in [2.05, 4.69) is 0 Å². The van der Waals surface area contributed by atoms with Gasteiger partial charge in [0.1, 0.15) is 17.6 Å². The maximum atomic E-state index is 11.8. The summed E-state index contributed by atoms with van der Waals surface area (Å²) in [6.07, 6.45) is -0.296. The maximum absolute atomic E-state index is 11.8. The topological polar surface area (TPSA) is 71.9 Å². The van der Waals surface area contributed by atoms with Crippen LogP contribution in [0.1, 0.15) is 17.5 Å². The fourth-order valence-electron chi connectivity index (χ4n) is 3.17. The Bertz CT molecular complexity index is 803. The Hall–Kier alpha value is -2.19. The number of rotatable bonds is 8. The number of hydrogen-bond donors (Lipinski definition) is 1. The summed E-state index contributed by atoms with van der Waals surface area (Å²) in [6.45, 7) is 0.792. The van der Waals surface area contributed by atoms with Gasteiger partial charge in [-0.15, -0.1) is 0 Å². The zero-order valence-corrected chi connectivity index (χ0v) is 18.1. The molecule has 1 heterocycles. The summed E-state index contributed by atoms with van der Waals surface area (Å²) in [5.74, 6) is 0. The van der Waals surface area contributed by atoms with Crippen LogP contribution in [0.15, 0.2) is 60.7 Å². The van der Waals surface area contributed by atoms with E-state index in [1.54, 1.807) is 4.90 Å². The maximum Gasteiger partial charge on any atom is 0.158 e. The first-order valence-corrected chi connectivity index (χ1v) is 10.8. The van der Waals surface area contributed by atoms with E-state index in [-0.39, 0.29) is 11.5 Å². The average molecular weight is 429 g/mol. The second-order valence-corrected chi connectivity index (χ2v) is 8.46. The number of ether oxygens (including phenoxy) is 3. The molecule has 1 fully saturated rings. The molecule has 1 aliphatic heterocycles. The number of hydrogen-bond acceptors (Lipinski definition) is 6. The predicted molar refractivity (Wildman–Crippen MR) is 118 cm³/mol. The van der Waals surface area contributed by atoms with Crippen LogP contribution in [0.4, 0.5) is 0 Å². The SMILES string of the molecule is CN(C)C(=N)S[C@@H]1C[C@@H](OCc2ccccc2)[C@H](OCc2ccccc2)[C@@H](C=O)O1. The fraction of sp³-hybridized carbons (Fsp3) is 0.391. The van der Waals surface area contributed by atoms with E-state index in [1.165, 1.54) is 11.8 Å². The highest BCUT2D eigenvalue weighted by Gasteiger charge is 2.41. The van der Waals surface area contributed by atoms with Crippen molar-refractivity contribution in [3.8, 4) is 0 Å². The van der Waals surface area contributed by atoms with Gasteiger partial charge in [-0.25, -0.2) is 0 Å². The van der Waals surface area contributed by atoms with Crippen LogP contribution in [0, 0.1) is 5.41 Å². The van der Waals surface area contributed by atoms with Gasteiger partial charge in [0.05, 0.1) is 19.3 Å². The molecule has 4 atom stereocenters. The van der Waals surface area contributed by atoms with Gasteiger partial charge in [-0.05, 0) is 11.1 Å². The lowest BCUT2D eigenvalue weighted by Crippen LogP contribution is -2.51. The number of nitrogens with one attached hydrogen (secondary N) is 1. The first-order chi connectivity index (χ1) is 14.6. The molecule has 1 saturated heterocycles. The van der Waals surface area contributed by atoms with Gasteiger partial charge in [0.2, 0.25) is 0 Å². The second kappa shape index (κ2) is 11.3. The van der Waals surface area contributed by atoms with Crippen molar-refractivity contribution in [3.05, 3.63) is 71.8 Å². The molecule has 0 saturated carbocycles. The summed E-state index contributed by atoms with van der Waals surface area (Å²) in [7, 11) is 3.62. The van der Waals surface area contributed by atoms with Crippen molar-refractivity contribution in [2.45, 2.75) is 43.4 Å². The molecule has 0 aromatic heterocycles. The van der Waals surface area contributed by atoms with Crippen molar-refractivity contribution in [2.75, 3.05) is 14.1 Å². The lowest BCUT2D eigenvalue weighted by Gasteiger charge is -2.39. The van der Waals surface area contributed by atoms with Crippen molar-refractivity contribution in [1.82, 2.24) is 4.90 Å². The predicted octanol–water partition coefficient (Wildman–Crippen LogP) is 3.70. The fourth-order valence-corrected chi connectivity index (χ4v) is 4.10. The van der Waals surface area contributed by atoms with Gasteiger partial charge in [0.25, 0.3) is 0 Å². The van der Waals surface area contributed by atoms with Crippen LogP contribution in [0.5, 0.6) is 0 Å². The van der Waals surface area contributed by atoms with Crippen molar-refractivity contribution >= 4 is 23.2 Å². The molecule has 1 aliphatic rings. The largest absolute Gasteiger partial charge is 0.371 e. The van der Waals surface area contributed by atoms with Gasteiger partial charge in [-0.2, -0.15) is 0 Å². The van der Waals surface area contributed by atoms with Gasteiger partial charge in [-0.3, -0.25) is 5.41 Å². The Morgan fingerprint density at radius 2 is 1.63 bits per heavy atom. The highest BCUT2D eigenvalue weighted by molar-refractivity contribution is 8.14. The molecule has 160 valence electrons. The van der Waals surface area contributed by atoms with Crippen molar-refractivity contribution in [1.29, 1.82) is 5.41 Å². The normalized spacial score (nSPS) is 23.7. The number of aldehydes is 1. The quantitative estimate of drug-likeness (QED) is 0.393. The van der Waals surface area contributed by atoms with Crippen LogP contribution >= 0.6 is 11.8 Å². The summed E-state index contributed by atoms with van der Waals surface area (Å²) < 4.78 is 18.3. The summed E-state index contributed by atoms with van der Waals surface area (Å²) in [6, 6.07) is 19.7. The molecule has 0 unspecified atom stereocenters. The first-order valence-electron chi connectivity index (χ1n) is 9.91. The number of thioether (sulfide) groups is 1. The van der Waals surface area contributed by atoms with E-state index in [0.717, 1.165) is 17.4 Å². The monoisotopic (exact) mass is 428 g/mol. The van der Waals surface area contributed by atoms with Crippen molar-refractivity contribution in [2.24, 2.45) is 0 Å². The first kappa shape index (κ1) is 22.5. The number of carbonyl (C=O) groups excluding carboxylic acids is 1. The van der Waals surface area contributed by atoms with Crippen LogP contribution in [0.25, 0.3) is 0 Å². The molecular weight excluding hydrogens is 400 g/mol. The summed E-state index contributed by atoms with van der Waals surface area (Å²) in [4.78, 5) is 13.5. The minimum atomic E-state index is -0.754. The summed E-state index contributed by atoms with van der Waals surface area (Å²) >= 11 is 1.28. The highest BCUT2D eigenvalue weighted by atomic mass is 32.2. The second-order valence-electron chi connectivity index (χ2n) is 7.32. The molecule has 2 aromatic rings. The van der Waals surface area contributed by atoms with E-state index in [4.69, 9.17) is 19.6 Å². The Morgan fingerprint density at radius 3 is 2.17 bits per heavy atom. The summed E-state index contributed by atoms with van der Waals surface area (Å²) in [5.41, 5.74) is 1.72. The molecule has 0 spiro atoms. The smallest absolute Gasteiger partial charge is 0.158 e. The molecule has 0 radical (unpaired) electrons. The highest BCUT2D eigenvalue weighted by Crippen LogP contribution is 2.32. The molecule has 2 aromatic carbocycles. The lowest BCUT2D eigenvalue weighted by atomic mass is 10.0. The zero-order chi connectivity index (χ0) is 21.3. The van der Waals surface area contributed by atoms with Gasteiger partial charge in [0, 0.05) is 20.5 Å². The molecule has 1 N–H and O–H groups in total. The van der Waals surface area contributed by atoms with Crippen LogP contribution < -0.4 is 0 Å². The van der Waals surface area contributed by atoms with Crippen LogP contribution in [-0.2, 0) is 32.2 Å². The third-order valence-electron chi connectivity index (χ3n) is 4.80. The number of benzene rings is 2. The third-order valence-corrected chi connectivity index (χ3v) is 5.95. The Labute approximate surface area is 182 Å². The molecule has 3 rings (SSSR count). The minimum absolute atomic E-state index is 0.328. The minimum Gasteiger partial charge on any atom is -0.371 e. The van der Waals surface area contributed by atoms with Gasteiger partial charge in [0.15, 0.2) is 11.5 Å². The summed E-state index contributed by atoms with van der Waals surface area (Å²) in [5, 5.41) is 8.47. The van der Waals surface area contributed by atoms with E-state index < -0.39 is 12.2 Å². The molecule has 7 heteroatoms. The number of carbonyl (C=O) groups is 1. The molecule has 0 amide bonds. The third kappa shape index (κ3) is 6.40. The van der Waals surface area contributed by atoms with Crippen molar-refractivity contribution < 1.29 is 19.0 Å². The Morgan fingerprint density at radius 1 is 1.07 bits per heavy atom. The molecular formula is C23H28N2O4S. The zero-order valence-electron chi connectivity index (χ0n) is 17.3. The molecule has 6 nitrogen and oxygen atoms in total. The molecule has 30 heavy (non-hydrogen) atoms. The van der Waals surface area contributed by atoms with Crippen LogP contribution in [0.3, 0.4) is 0 Å². The van der Waals surface area contributed by atoms with Gasteiger partial charge >= 0.3 is 0 Å². The number of nitrogens with zero attached hydrogens (tertiary/aromatic N) is 1. The van der Waals surface area contributed by atoms with E-state index in [0.29, 0.717) is 24.8 Å². The van der Waals surface area contributed by atoms with Gasteiger partial charge < -0.3 is 23.9 Å². The Balaban J connectivity index is 1.71. The standard InChI is InChI=1S/C23H28N2O4S/c1-25(2)23(24)30-21-13-19(27-15-17-9-5-3-6-10-17)22(20(14-26)29-21)28-16-18-11-7-4-8-12-18/h3-12,14,19-22,24H,13,15-16H2,1-2H3/t19-,20-,21-,22+/m1/s1. The van der Waals surface area contributed by atoms with Gasteiger partial charge in [-0.1, -0.05) is 72.4 Å².